The highest BCUT2D eigenvalue weighted by molar-refractivity contribution is 5.85. The van der Waals surface area contributed by atoms with Crippen LogP contribution < -0.4 is 15.8 Å². The molecule has 0 spiro atoms. The molecular weight excluding hydrogens is 264 g/mol. The third-order valence-electron chi connectivity index (χ3n) is 3.15. The first kappa shape index (κ1) is 13.8. The highest BCUT2D eigenvalue weighted by atomic mass is 35.5. The normalized spacial score (nSPS) is 18.2. The fraction of sp³-hybridized carbons (Fsp3) is 0.385. The molecule has 1 aliphatic heterocycles. The minimum atomic E-state index is 0. The van der Waals surface area contributed by atoms with Gasteiger partial charge in [0.05, 0.1) is 11.0 Å². The maximum atomic E-state index is 5.85. The number of ether oxygens (including phenoxy) is 1. The summed E-state index contributed by atoms with van der Waals surface area (Å²) >= 11 is 0. The summed E-state index contributed by atoms with van der Waals surface area (Å²) in [6, 6.07) is 8.04. The van der Waals surface area contributed by atoms with E-state index in [1.165, 1.54) is 6.42 Å². The molecule has 1 aromatic heterocycles. The molecule has 0 aliphatic carbocycles. The van der Waals surface area contributed by atoms with Crippen molar-refractivity contribution in [3.63, 3.8) is 0 Å². The summed E-state index contributed by atoms with van der Waals surface area (Å²) in [5.41, 5.74) is 7.45. The van der Waals surface area contributed by atoms with E-state index in [0.29, 0.717) is 24.3 Å². The highest BCUT2D eigenvalue weighted by Gasteiger charge is 2.16. The predicted molar refractivity (Wildman–Crippen MR) is 77.7 cm³/mol. The summed E-state index contributed by atoms with van der Waals surface area (Å²) < 4.78 is 5.67. The van der Waals surface area contributed by atoms with Crippen molar-refractivity contribution in [3.05, 3.63) is 24.3 Å². The second-order valence-electron chi connectivity index (χ2n) is 4.51. The second kappa shape index (κ2) is 6.04. The second-order valence-corrected chi connectivity index (χ2v) is 4.51. The molecule has 19 heavy (non-hydrogen) atoms. The number of hydrogen-bond acceptors (Lipinski definition) is 5. The van der Waals surface area contributed by atoms with Crippen LogP contribution in [0.4, 0.5) is 5.82 Å². The van der Waals surface area contributed by atoms with Gasteiger partial charge in [-0.1, -0.05) is 12.1 Å². The summed E-state index contributed by atoms with van der Waals surface area (Å²) in [5.74, 6) is 0.786. The Morgan fingerprint density at radius 2 is 2.00 bits per heavy atom. The molecule has 2 aromatic rings. The van der Waals surface area contributed by atoms with Crippen molar-refractivity contribution < 1.29 is 4.74 Å². The molecule has 0 amide bonds. The number of hydrogen-bond donors (Lipinski definition) is 2. The average Bonchev–Trinajstić information content (AvgIpc) is 2.89. The molecule has 0 bridgehead atoms. The van der Waals surface area contributed by atoms with Gasteiger partial charge < -0.3 is 15.8 Å². The third kappa shape index (κ3) is 3.05. The third-order valence-corrected chi connectivity index (χ3v) is 3.15. The van der Waals surface area contributed by atoms with E-state index in [0.717, 1.165) is 24.0 Å². The molecule has 6 heteroatoms. The van der Waals surface area contributed by atoms with Crippen LogP contribution in [-0.4, -0.2) is 29.2 Å². The van der Waals surface area contributed by atoms with Crippen molar-refractivity contribution in [1.29, 1.82) is 0 Å². The average molecular weight is 281 g/mol. The van der Waals surface area contributed by atoms with Crippen molar-refractivity contribution in [1.82, 2.24) is 15.3 Å². The number of nitrogens with one attached hydrogen (secondary N) is 1. The smallest absolute Gasteiger partial charge is 0.257 e. The molecular formula is C13H17ClN4O. The van der Waals surface area contributed by atoms with Gasteiger partial charge in [0.1, 0.15) is 6.61 Å². The monoisotopic (exact) mass is 280 g/mol. The van der Waals surface area contributed by atoms with E-state index in [4.69, 9.17) is 10.5 Å². The first-order valence-corrected chi connectivity index (χ1v) is 6.21. The van der Waals surface area contributed by atoms with Crippen LogP contribution in [0.15, 0.2) is 24.3 Å². The lowest BCUT2D eigenvalue weighted by molar-refractivity contribution is 0.269. The summed E-state index contributed by atoms with van der Waals surface area (Å²) in [7, 11) is 0. The number of anilines is 1. The maximum Gasteiger partial charge on any atom is 0.257 e. The van der Waals surface area contributed by atoms with Crippen LogP contribution in [0.25, 0.3) is 11.0 Å². The summed E-state index contributed by atoms with van der Waals surface area (Å²) in [5, 5.41) is 3.37. The van der Waals surface area contributed by atoms with E-state index in [1.54, 1.807) is 0 Å². The van der Waals surface area contributed by atoms with E-state index in [-0.39, 0.29) is 12.4 Å². The van der Waals surface area contributed by atoms with E-state index < -0.39 is 0 Å². The van der Waals surface area contributed by atoms with Crippen LogP contribution in [0.3, 0.4) is 0 Å². The molecule has 2 heterocycles. The van der Waals surface area contributed by atoms with E-state index in [2.05, 4.69) is 15.3 Å². The molecule has 0 radical (unpaired) electrons. The zero-order chi connectivity index (χ0) is 12.4. The van der Waals surface area contributed by atoms with Crippen molar-refractivity contribution in [2.24, 2.45) is 0 Å². The molecule has 0 saturated carbocycles. The van der Waals surface area contributed by atoms with Gasteiger partial charge in [0.2, 0.25) is 0 Å². The number of nitrogen functional groups attached to an aromatic ring is 1. The lowest BCUT2D eigenvalue weighted by Crippen LogP contribution is -2.28. The predicted octanol–water partition coefficient (Wildman–Crippen LogP) is 1.76. The molecule has 1 saturated heterocycles. The van der Waals surface area contributed by atoms with Gasteiger partial charge >= 0.3 is 0 Å². The number of fused-ring (bicyclic) bond motifs is 1. The minimum absolute atomic E-state index is 0. The Balaban J connectivity index is 0.00000133. The van der Waals surface area contributed by atoms with Crippen LogP contribution in [0.5, 0.6) is 5.88 Å². The SMILES string of the molecule is Cl.Nc1nc2ccccc2nc1OCC1CCCN1. The number of rotatable bonds is 3. The maximum absolute atomic E-state index is 5.85. The largest absolute Gasteiger partial charge is 0.473 e. The Kier molecular flexibility index (Phi) is 4.39. The first-order valence-electron chi connectivity index (χ1n) is 6.21. The zero-order valence-electron chi connectivity index (χ0n) is 10.5. The van der Waals surface area contributed by atoms with Crippen molar-refractivity contribution in [2.45, 2.75) is 18.9 Å². The first-order chi connectivity index (χ1) is 8.83. The summed E-state index contributed by atoms with van der Waals surface area (Å²) in [6.45, 7) is 1.66. The van der Waals surface area contributed by atoms with Crippen LogP contribution >= 0.6 is 12.4 Å². The molecule has 102 valence electrons. The van der Waals surface area contributed by atoms with Gasteiger partial charge in [-0.3, -0.25) is 0 Å². The van der Waals surface area contributed by atoms with Crippen LogP contribution in [0.1, 0.15) is 12.8 Å². The Morgan fingerprint density at radius 3 is 2.68 bits per heavy atom. The summed E-state index contributed by atoms with van der Waals surface area (Å²) in [6.07, 6.45) is 2.34. The highest BCUT2D eigenvalue weighted by Crippen LogP contribution is 2.21. The van der Waals surface area contributed by atoms with E-state index in [1.807, 2.05) is 24.3 Å². The van der Waals surface area contributed by atoms with Crippen molar-refractivity contribution in [3.8, 4) is 5.88 Å². The fourth-order valence-corrected chi connectivity index (χ4v) is 2.18. The standard InChI is InChI=1S/C13H16N4O.ClH/c14-12-13(18-8-9-4-3-7-15-9)17-11-6-2-1-5-10(11)16-12;/h1-2,5-6,9,15H,3-4,7-8H2,(H2,14,16);1H. The molecule has 3 rings (SSSR count). The number of nitrogens with zero attached hydrogens (tertiary/aromatic N) is 2. The molecule has 5 nitrogen and oxygen atoms in total. The quantitative estimate of drug-likeness (QED) is 0.896. The number of benzene rings is 1. The van der Waals surface area contributed by atoms with Gasteiger partial charge in [-0.2, -0.15) is 0 Å². The molecule has 1 fully saturated rings. The lowest BCUT2D eigenvalue weighted by Gasteiger charge is -2.12. The molecule has 1 unspecified atom stereocenters. The number of nitrogens with two attached hydrogens (primary N) is 1. The van der Waals surface area contributed by atoms with Gasteiger partial charge in [0, 0.05) is 6.04 Å². The number of para-hydroxylation sites is 2. The van der Waals surface area contributed by atoms with Gasteiger partial charge in [0.25, 0.3) is 5.88 Å². The summed E-state index contributed by atoms with van der Waals surface area (Å²) in [4.78, 5) is 8.69. The van der Waals surface area contributed by atoms with Gasteiger partial charge in [-0.05, 0) is 31.5 Å². The number of halogens is 1. The van der Waals surface area contributed by atoms with Gasteiger partial charge in [-0.15, -0.1) is 12.4 Å². The fourth-order valence-electron chi connectivity index (χ4n) is 2.18. The van der Waals surface area contributed by atoms with Crippen LogP contribution in [0.2, 0.25) is 0 Å². The van der Waals surface area contributed by atoms with Crippen LogP contribution in [-0.2, 0) is 0 Å². The Hall–Kier alpha value is -1.59. The zero-order valence-corrected chi connectivity index (χ0v) is 11.3. The Labute approximate surface area is 118 Å². The minimum Gasteiger partial charge on any atom is -0.473 e. The Morgan fingerprint density at radius 1 is 1.26 bits per heavy atom. The van der Waals surface area contributed by atoms with Gasteiger partial charge in [-0.25, -0.2) is 9.97 Å². The van der Waals surface area contributed by atoms with Crippen molar-refractivity contribution in [2.75, 3.05) is 18.9 Å². The lowest BCUT2D eigenvalue weighted by atomic mass is 10.2. The topological polar surface area (TPSA) is 73.1 Å². The van der Waals surface area contributed by atoms with E-state index in [9.17, 15) is 0 Å². The Bertz CT molecular complexity index is 557. The van der Waals surface area contributed by atoms with Crippen LogP contribution in [0, 0.1) is 0 Å². The molecule has 1 aliphatic rings. The van der Waals surface area contributed by atoms with Crippen molar-refractivity contribution >= 4 is 29.3 Å². The molecule has 1 aromatic carbocycles. The molecule has 3 N–H and O–H groups in total. The number of aromatic nitrogens is 2. The van der Waals surface area contributed by atoms with Gasteiger partial charge in [0.15, 0.2) is 5.82 Å². The van der Waals surface area contributed by atoms with E-state index >= 15 is 0 Å². The molecule has 1 atom stereocenters.